The molecule has 0 aromatic heterocycles. The van der Waals surface area contributed by atoms with Crippen LogP contribution in [0.2, 0.25) is 0 Å². The van der Waals surface area contributed by atoms with Crippen molar-refractivity contribution in [1.29, 1.82) is 0 Å². The van der Waals surface area contributed by atoms with E-state index in [0.29, 0.717) is 0 Å². The van der Waals surface area contributed by atoms with Gasteiger partial charge in [-0.15, -0.1) is 0 Å². The van der Waals surface area contributed by atoms with Crippen molar-refractivity contribution in [1.82, 2.24) is 10.2 Å². The van der Waals surface area contributed by atoms with Crippen LogP contribution < -0.4 is 5.32 Å². The summed E-state index contributed by atoms with van der Waals surface area (Å²) in [6.45, 7) is 8.52. The fourth-order valence-corrected chi connectivity index (χ4v) is 3.59. The second kappa shape index (κ2) is 5.71. The molecule has 0 aromatic carbocycles. The molecule has 100 valence electrons. The van der Waals surface area contributed by atoms with Gasteiger partial charge in [0.25, 0.3) is 0 Å². The van der Waals surface area contributed by atoms with Gasteiger partial charge in [-0.05, 0) is 45.1 Å². The summed E-state index contributed by atoms with van der Waals surface area (Å²) >= 11 is 0. The predicted octanol–water partition coefficient (Wildman–Crippen LogP) is 2.88. The fourth-order valence-electron chi connectivity index (χ4n) is 3.59. The standard InChI is InChI=1S/C15H30N2/c1-5-14(10-13-6-7-13)17-9-8-15(16-4)11(2)12(17)3/h11-16H,5-10H2,1-4H3. The van der Waals surface area contributed by atoms with Crippen LogP contribution in [0.25, 0.3) is 0 Å². The largest absolute Gasteiger partial charge is 0.317 e. The van der Waals surface area contributed by atoms with Gasteiger partial charge in [0.15, 0.2) is 0 Å². The molecule has 17 heavy (non-hydrogen) atoms. The first-order chi connectivity index (χ1) is 8.17. The maximum atomic E-state index is 3.49. The third kappa shape index (κ3) is 3.03. The molecule has 2 nitrogen and oxygen atoms in total. The van der Waals surface area contributed by atoms with Gasteiger partial charge in [-0.3, -0.25) is 4.90 Å². The van der Waals surface area contributed by atoms with E-state index in [-0.39, 0.29) is 0 Å². The number of nitrogens with one attached hydrogen (secondary N) is 1. The Morgan fingerprint density at radius 1 is 1.24 bits per heavy atom. The normalized spacial score (nSPS) is 37.1. The smallest absolute Gasteiger partial charge is 0.0117 e. The van der Waals surface area contributed by atoms with Crippen LogP contribution in [0.4, 0.5) is 0 Å². The number of piperidine rings is 1. The zero-order valence-electron chi connectivity index (χ0n) is 12.1. The van der Waals surface area contributed by atoms with Crippen molar-refractivity contribution in [2.24, 2.45) is 11.8 Å². The van der Waals surface area contributed by atoms with Crippen molar-refractivity contribution < 1.29 is 0 Å². The summed E-state index contributed by atoms with van der Waals surface area (Å²) in [5.74, 6) is 1.84. The molecule has 1 aliphatic heterocycles. The SMILES string of the molecule is CCC(CC1CC1)N1CCC(NC)C(C)C1C. The lowest BCUT2D eigenvalue weighted by molar-refractivity contribution is 0.0413. The molecule has 2 aliphatic rings. The van der Waals surface area contributed by atoms with E-state index in [1.807, 2.05) is 0 Å². The van der Waals surface area contributed by atoms with Gasteiger partial charge in [0.2, 0.25) is 0 Å². The van der Waals surface area contributed by atoms with Crippen LogP contribution >= 0.6 is 0 Å². The van der Waals surface area contributed by atoms with Crippen molar-refractivity contribution >= 4 is 0 Å². The molecule has 1 saturated carbocycles. The molecule has 4 unspecified atom stereocenters. The molecule has 1 aliphatic carbocycles. The Bertz CT molecular complexity index is 237. The summed E-state index contributed by atoms with van der Waals surface area (Å²) in [6, 6.07) is 2.31. The Labute approximate surface area is 107 Å². The second-order valence-electron chi connectivity index (χ2n) is 6.26. The topological polar surface area (TPSA) is 15.3 Å². The first-order valence-electron chi connectivity index (χ1n) is 7.60. The van der Waals surface area contributed by atoms with Gasteiger partial charge in [0.1, 0.15) is 0 Å². The third-order valence-electron chi connectivity index (χ3n) is 5.23. The zero-order valence-corrected chi connectivity index (χ0v) is 12.1. The molecule has 0 bridgehead atoms. The molecule has 0 amide bonds. The van der Waals surface area contributed by atoms with E-state index in [9.17, 15) is 0 Å². The van der Waals surface area contributed by atoms with E-state index in [1.165, 1.54) is 38.6 Å². The average Bonchev–Trinajstić information content (AvgIpc) is 3.14. The maximum absolute atomic E-state index is 3.49. The number of rotatable bonds is 5. The average molecular weight is 238 g/mol. The summed E-state index contributed by atoms with van der Waals surface area (Å²) in [7, 11) is 2.12. The zero-order chi connectivity index (χ0) is 12.4. The lowest BCUT2D eigenvalue weighted by atomic mass is 9.85. The summed E-state index contributed by atoms with van der Waals surface area (Å²) in [5.41, 5.74) is 0. The molecule has 2 heteroatoms. The molecule has 1 saturated heterocycles. The van der Waals surface area contributed by atoms with E-state index in [4.69, 9.17) is 0 Å². The van der Waals surface area contributed by atoms with Crippen LogP contribution in [0, 0.1) is 11.8 Å². The van der Waals surface area contributed by atoms with Gasteiger partial charge in [0.05, 0.1) is 0 Å². The van der Waals surface area contributed by atoms with Crippen molar-refractivity contribution in [3.05, 3.63) is 0 Å². The van der Waals surface area contributed by atoms with E-state index in [0.717, 1.165) is 30.0 Å². The minimum atomic E-state index is 0.722. The molecule has 2 rings (SSSR count). The summed E-state index contributed by atoms with van der Waals surface area (Å²) < 4.78 is 0. The maximum Gasteiger partial charge on any atom is 0.0117 e. The van der Waals surface area contributed by atoms with E-state index < -0.39 is 0 Å². The number of hydrogen-bond acceptors (Lipinski definition) is 2. The van der Waals surface area contributed by atoms with Crippen molar-refractivity contribution in [2.45, 2.75) is 71.0 Å². The molecule has 0 spiro atoms. The van der Waals surface area contributed by atoms with Gasteiger partial charge in [-0.2, -0.15) is 0 Å². The number of nitrogens with zero attached hydrogens (tertiary/aromatic N) is 1. The van der Waals surface area contributed by atoms with Gasteiger partial charge in [-0.1, -0.05) is 26.7 Å². The Hall–Kier alpha value is -0.0800. The summed E-state index contributed by atoms with van der Waals surface area (Å²) in [5, 5.41) is 3.49. The first-order valence-corrected chi connectivity index (χ1v) is 7.60. The van der Waals surface area contributed by atoms with Crippen LogP contribution in [-0.2, 0) is 0 Å². The number of hydrogen-bond donors (Lipinski definition) is 1. The molecular weight excluding hydrogens is 208 g/mol. The van der Waals surface area contributed by atoms with E-state index in [1.54, 1.807) is 0 Å². The van der Waals surface area contributed by atoms with E-state index in [2.05, 4.69) is 38.0 Å². The minimum Gasteiger partial charge on any atom is -0.317 e. The van der Waals surface area contributed by atoms with Gasteiger partial charge >= 0.3 is 0 Å². The molecule has 4 atom stereocenters. The van der Waals surface area contributed by atoms with Crippen molar-refractivity contribution in [2.75, 3.05) is 13.6 Å². The first kappa shape index (κ1) is 13.4. The highest BCUT2D eigenvalue weighted by molar-refractivity contribution is 4.92. The van der Waals surface area contributed by atoms with Gasteiger partial charge < -0.3 is 5.32 Å². The van der Waals surface area contributed by atoms with E-state index >= 15 is 0 Å². The summed E-state index contributed by atoms with van der Waals surface area (Å²) in [6.07, 6.45) is 7.10. The lowest BCUT2D eigenvalue weighted by Gasteiger charge is -2.46. The fraction of sp³-hybridized carbons (Fsp3) is 1.00. The lowest BCUT2D eigenvalue weighted by Crippen LogP contribution is -2.55. The highest BCUT2D eigenvalue weighted by atomic mass is 15.2. The summed E-state index contributed by atoms with van der Waals surface area (Å²) in [4.78, 5) is 2.80. The quantitative estimate of drug-likeness (QED) is 0.792. The van der Waals surface area contributed by atoms with Crippen LogP contribution in [0.5, 0.6) is 0 Å². The van der Waals surface area contributed by atoms with Crippen LogP contribution in [0.3, 0.4) is 0 Å². The van der Waals surface area contributed by atoms with Gasteiger partial charge in [0, 0.05) is 24.7 Å². The highest BCUT2D eigenvalue weighted by Gasteiger charge is 2.36. The third-order valence-corrected chi connectivity index (χ3v) is 5.23. The Morgan fingerprint density at radius 3 is 2.47 bits per heavy atom. The Balaban J connectivity index is 1.94. The van der Waals surface area contributed by atoms with Gasteiger partial charge in [-0.25, -0.2) is 0 Å². The molecule has 1 heterocycles. The molecule has 2 fully saturated rings. The second-order valence-corrected chi connectivity index (χ2v) is 6.26. The molecule has 0 radical (unpaired) electrons. The molecular formula is C15H30N2. The van der Waals surface area contributed by atoms with Crippen molar-refractivity contribution in [3.8, 4) is 0 Å². The highest BCUT2D eigenvalue weighted by Crippen LogP contribution is 2.37. The van der Waals surface area contributed by atoms with Crippen LogP contribution in [0.1, 0.15) is 52.9 Å². The molecule has 1 N–H and O–H groups in total. The Kier molecular flexibility index (Phi) is 4.48. The Morgan fingerprint density at radius 2 is 1.94 bits per heavy atom. The van der Waals surface area contributed by atoms with Crippen molar-refractivity contribution in [3.63, 3.8) is 0 Å². The van der Waals surface area contributed by atoms with Crippen LogP contribution in [-0.4, -0.2) is 36.6 Å². The minimum absolute atomic E-state index is 0.722. The monoisotopic (exact) mass is 238 g/mol. The van der Waals surface area contributed by atoms with Crippen LogP contribution in [0.15, 0.2) is 0 Å². The number of likely N-dealkylation sites (tertiary alicyclic amines) is 1. The predicted molar refractivity (Wildman–Crippen MR) is 74.2 cm³/mol. The molecule has 0 aromatic rings.